The number of hydrogen-bond acceptors (Lipinski definition) is 10. The Morgan fingerprint density at radius 3 is 2.46 bits per heavy atom. The lowest BCUT2D eigenvalue weighted by molar-refractivity contribution is -0.0199. The molecule has 28 heavy (non-hydrogen) atoms. The van der Waals surface area contributed by atoms with Gasteiger partial charge >= 0.3 is 23.0 Å². The van der Waals surface area contributed by atoms with Gasteiger partial charge in [-0.15, -0.1) is 0 Å². The van der Waals surface area contributed by atoms with E-state index in [-0.39, 0.29) is 5.56 Å². The third kappa shape index (κ3) is 4.69. The minimum absolute atomic E-state index is 0.276. The number of H-pyrrole nitrogens is 1. The monoisotopic (exact) mass is 465 g/mol. The molecular weight excluding hydrogens is 450 g/mol. The number of hydrogen-bond donors (Lipinski definition) is 5. The Morgan fingerprint density at radius 1 is 1.18 bits per heavy atom. The van der Waals surface area contributed by atoms with Crippen molar-refractivity contribution in [2.45, 2.75) is 24.4 Å². The van der Waals surface area contributed by atoms with Gasteiger partial charge in [0.15, 0.2) is 11.9 Å². The number of halogens is 1. The van der Waals surface area contributed by atoms with E-state index in [2.05, 4.69) is 8.62 Å². The molecule has 7 atom stereocenters. The summed E-state index contributed by atoms with van der Waals surface area (Å²) in [7, 11) is -14.5. The predicted octanol–water partition coefficient (Wildman–Crippen LogP) is 0.175. The lowest BCUT2D eigenvalue weighted by Crippen LogP contribution is -2.33. The Bertz CT molecular complexity index is 938. The van der Waals surface area contributed by atoms with Crippen LogP contribution in [0.2, 0.25) is 0 Å². The smallest absolute Gasteiger partial charge is 0.387 e. The first-order chi connectivity index (χ1) is 12.8. The molecule has 5 N–H and O–H groups in total. The third-order valence-electron chi connectivity index (χ3n) is 3.82. The number of phosphoric acid groups is 1. The maximum atomic E-state index is 13.9. The van der Waals surface area contributed by atoms with Crippen LogP contribution in [0.4, 0.5) is 4.39 Å². The van der Waals surface area contributed by atoms with Crippen molar-refractivity contribution in [2.75, 3.05) is 12.5 Å². The van der Waals surface area contributed by atoms with Crippen LogP contribution in [-0.2, 0) is 31.6 Å². The summed E-state index contributed by atoms with van der Waals surface area (Å²) in [6, 6.07) is 2.00. The van der Waals surface area contributed by atoms with E-state index >= 15 is 0 Å². The normalized spacial score (nSPS) is 43.9. The second-order valence-corrected chi connectivity index (χ2v) is 12.1. The summed E-state index contributed by atoms with van der Waals surface area (Å²) in [5, 5.41) is 20.1. The summed E-state index contributed by atoms with van der Waals surface area (Å²) >= 11 is 0. The van der Waals surface area contributed by atoms with Crippen LogP contribution >= 0.6 is 23.0 Å². The molecule has 1 aromatic rings. The van der Waals surface area contributed by atoms with Crippen molar-refractivity contribution in [1.82, 2.24) is 4.98 Å². The number of pyridine rings is 1. The lowest BCUT2D eigenvalue weighted by Gasteiger charge is -2.28. The highest BCUT2D eigenvalue weighted by Gasteiger charge is 2.53. The number of aliphatic hydroxyl groups excluding tert-OH is 2. The van der Waals surface area contributed by atoms with E-state index in [1.807, 2.05) is 4.98 Å². The molecule has 0 aliphatic carbocycles. The van der Waals surface area contributed by atoms with E-state index in [0.717, 1.165) is 12.1 Å². The van der Waals surface area contributed by atoms with Gasteiger partial charge in [0, 0.05) is 11.6 Å². The highest BCUT2D eigenvalue weighted by Crippen LogP contribution is 2.78. The molecule has 3 rings (SSSR count). The molecule has 0 bridgehead atoms. The van der Waals surface area contributed by atoms with Gasteiger partial charge < -0.3 is 29.3 Å². The molecule has 0 amide bonds. The molecule has 13 nitrogen and oxygen atoms in total. The summed E-state index contributed by atoms with van der Waals surface area (Å²) in [6.07, 6.45) is -6.19. The van der Waals surface area contributed by atoms with Gasteiger partial charge in [-0.3, -0.25) is 18.9 Å². The molecule has 1 aromatic heterocycles. The highest BCUT2D eigenvalue weighted by atomic mass is 31.3. The number of aromatic amines is 1. The summed E-state index contributed by atoms with van der Waals surface area (Å²) in [5.74, 6) is -2.33. The summed E-state index contributed by atoms with van der Waals surface area (Å²) < 4.78 is 67.5. The maximum Gasteiger partial charge on any atom is 0.486 e. The second-order valence-electron chi connectivity index (χ2n) is 5.99. The molecule has 158 valence electrons. The largest absolute Gasteiger partial charge is 0.486 e. The standard InChI is InChI=1S/C11H15FNO12P3/c12-11-5(1-2-7(14)13-11)10-9(16)8(15)6(23-10)3-22-27(19)4-26(17,18)24-28(20,21)25-27/h1-2,6,8-10,15-16H,3-4H2,(H,13,14)(H,17,18)(H,20,21)/t6-,8?,9?,10+,27?/m1/s1. The van der Waals surface area contributed by atoms with Crippen LogP contribution in [-0.4, -0.2) is 55.8 Å². The molecule has 2 saturated heterocycles. The number of rotatable bonds is 4. The topological polar surface area (TPSA) is 202 Å². The van der Waals surface area contributed by atoms with Crippen molar-refractivity contribution < 1.29 is 56.0 Å². The molecule has 0 radical (unpaired) electrons. The van der Waals surface area contributed by atoms with Crippen LogP contribution in [0.3, 0.4) is 0 Å². The minimum Gasteiger partial charge on any atom is -0.387 e. The molecule has 2 aliphatic rings. The first kappa shape index (κ1) is 21.9. The molecule has 2 aliphatic heterocycles. The Balaban J connectivity index is 1.73. The number of ether oxygens (including phenoxy) is 1. The molecule has 0 spiro atoms. The van der Waals surface area contributed by atoms with Gasteiger partial charge in [-0.05, 0) is 6.07 Å². The Hall–Kier alpha value is -0.750. The van der Waals surface area contributed by atoms with Crippen molar-refractivity contribution in [3.63, 3.8) is 0 Å². The van der Waals surface area contributed by atoms with E-state index in [0.29, 0.717) is 0 Å². The third-order valence-corrected chi connectivity index (χ3v) is 10.8. The van der Waals surface area contributed by atoms with Crippen molar-refractivity contribution in [3.8, 4) is 0 Å². The summed E-state index contributed by atoms with van der Waals surface area (Å²) in [5.41, 5.74) is -1.02. The zero-order valence-electron chi connectivity index (χ0n) is 13.7. The first-order valence-electron chi connectivity index (χ1n) is 7.52. The molecule has 5 unspecified atom stereocenters. The summed E-state index contributed by atoms with van der Waals surface area (Å²) in [4.78, 5) is 31.5. The van der Waals surface area contributed by atoms with Gasteiger partial charge in [0.25, 0.3) is 0 Å². The van der Waals surface area contributed by atoms with Crippen molar-refractivity contribution in [1.29, 1.82) is 0 Å². The van der Waals surface area contributed by atoms with Gasteiger partial charge in [0.05, 0.1) is 6.61 Å². The van der Waals surface area contributed by atoms with Gasteiger partial charge in [0.1, 0.15) is 24.4 Å². The Labute approximate surface area is 155 Å². The van der Waals surface area contributed by atoms with Crippen LogP contribution in [0, 0.1) is 5.95 Å². The molecule has 0 aromatic carbocycles. The van der Waals surface area contributed by atoms with E-state index in [1.165, 1.54) is 0 Å². The molecule has 17 heteroatoms. The fourth-order valence-electron chi connectivity index (χ4n) is 2.68. The molecular formula is C11H15FNO12P3. The van der Waals surface area contributed by atoms with Crippen molar-refractivity contribution in [2.24, 2.45) is 0 Å². The predicted molar refractivity (Wildman–Crippen MR) is 86.9 cm³/mol. The molecule has 3 heterocycles. The van der Waals surface area contributed by atoms with Crippen molar-refractivity contribution >= 4 is 23.0 Å². The Kier molecular flexibility index (Phi) is 5.88. The van der Waals surface area contributed by atoms with Crippen LogP contribution in [0.15, 0.2) is 16.9 Å². The fourth-order valence-corrected chi connectivity index (χ4v) is 9.60. The number of nitrogens with one attached hydrogen (secondary N) is 1. The highest BCUT2D eigenvalue weighted by molar-refractivity contribution is 7.81. The van der Waals surface area contributed by atoms with Gasteiger partial charge in [0.2, 0.25) is 5.56 Å². The van der Waals surface area contributed by atoms with Gasteiger partial charge in [-0.25, -0.2) is 13.2 Å². The van der Waals surface area contributed by atoms with E-state index in [1.54, 1.807) is 0 Å². The van der Waals surface area contributed by atoms with E-state index < -0.39 is 71.4 Å². The molecule has 0 saturated carbocycles. The van der Waals surface area contributed by atoms with Crippen molar-refractivity contribution in [3.05, 3.63) is 34.0 Å². The minimum atomic E-state index is -5.13. The average molecular weight is 465 g/mol. The van der Waals surface area contributed by atoms with Crippen LogP contribution in [0.5, 0.6) is 0 Å². The fraction of sp³-hybridized carbons (Fsp3) is 0.545. The molecule has 2 fully saturated rings. The van der Waals surface area contributed by atoms with E-state index in [9.17, 15) is 42.9 Å². The zero-order chi connectivity index (χ0) is 20.9. The van der Waals surface area contributed by atoms with Gasteiger partial charge in [-0.1, -0.05) is 0 Å². The second kappa shape index (κ2) is 7.50. The Morgan fingerprint density at radius 2 is 1.86 bits per heavy atom. The first-order valence-corrected chi connectivity index (χ1v) is 12.5. The maximum absolute atomic E-state index is 13.9. The van der Waals surface area contributed by atoms with Gasteiger partial charge in [-0.2, -0.15) is 4.39 Å². The number of aliphatic hydroxyl groups is 2. The van der Waals surface area contributed by atoms with Crippen LogP contribution in [0.25, 0.3) is 0 Å². The van der Waals surface area contributed by atoms with Crippen LogP contribution < -0.4 is 5.56 Å². The summed E-state index contributed by atoms with van der Waals surface area (Å²) in [6.45, 7) is -0.809. The zero-order valence-corrected chi connectivity index (χ0v) is 16.3. The lowest BCUT2D eigenvalue weighted by atomic mass is 10.0. The number of aromatic nitrogens is 1. The average Bonchev–Trinajstić information content (AvgIpc) is 2.78. The SMILES string of the molecule is O=c1ccc([C@@H]2O[C@H](COP3(=O)CP(=O)(O)OP(=O)(O)O3)C(O)C2O)c(F)[nH]1. The van der Waals surface area contributed by atoms with E-state index in [4.69, 9.17) is 9.26 Å². The van der Waals surface area contributed by atoms with Crippen LogP contribution in [0.1, 0.15) is 11.7 Å². The quantitative estimate of drug-likeness (QED) is 0.299.